The van der Waals surface area contributed by atoms with E-state index in [9.17, 15) is 43.2 Å². The number of carboxylic acids is 1. The van der Waals surface area contributed by atoms with E-state index in [1.165, 1.54) is 0 Å². The molecule has 0 unspecified atom stereocenters. The topological polar surface area (TPSA) is 247 Å². The van der Waals surface area contributed by atoms with Gasteiger partial charge in [0.15, 0.2) is 11.6 Å². The number of carbonyl (C=O) groups excluding carboxylic acids is 8. The zero-order chi connectivity index (χ0) is 53.4. The molecule has 410 valence electrons. The van der Waals surface area contributed by atoms with Crippen LogP contribution in [-0.2, 0) is 47.9 Å². The quantitative estimate of drug-likeness (QED) is 0.0435. The van der Waals surface area contributed by atoms with Crippen LogP contribution in [0, 0.1) is 0 Å². The zero-order valence-electron chi connectivity index (χ0n) is 45.0. The van der Waals surface area contributed by atoms with Crippen LogP contribution in [0.2, 0.25) is 0 Å². The summed E-state index contributed by atoms with van der Waals surface area (Å²) in [5, 5.41) is 20.3. The van der Waals surface area contributed by atoms with Crippen molar-refractivity contribution in [2.75, 3.05) is 115 Å². The number of aliphatic carboxylic acids is 1. The van der Waals surface area contributed by atoms with Crippen molar-refractivity contribution in [3.8, 4) is 0 Å². The average molecular weight is 1010 g/mol. The number of nitrogens with zero attached hydrogens (tertiary/aromatic N) is 5. The summed E-state index contributed by atoms with van der Waals surface area (Å²) in [4.78, 5) is 122. The first-order valence-electron chi connectivity index (χ1n) is 26.1. The lowest BCUT2D eigenvalue weighted by Crippen LogP contribution is -2.44. The highest BCUT2D eigenvalue weighted by molar-refractivity contribution is 5.90. The highest BCUT2D eigenvalue weighted by Crippen LogP contribution is 2.14. The van der Waals surface area contributed by atoms with Gasteiger partial charge in [0.05, 0.1) is 44.9 Å². The number of hydrogen-bond acceptors (Lipinski definition) is 14. The van der Waals surface area contributed by atoms with Crippen LogP contribution in [0.3, 0.4) is 0 Å². The van der Waals surface area contributed by atoms with Crippen molar-refractivity contribution >= 4 is 53.0 Å². The molecule has 2 atom stereocenters. The Labute approximate surface area is 425 Å². The van der Waals surface area contributed by atoms with Crippen LogP contribution >= 0.6 is 0 Å². The number of unbranched alkanes of at least 4 members (excludes halogenated alkanes) is 10. The Morgan fingerprint density at radius 2 is 0.803 bits per heavy atom. The lowest BCUT2D eigenvalue weighted by molar-refractivity contribution is -0.144. The molecule has 0 saturated heterocycles. The van der Waals surface area contributed by atoms with Gasteiger partial charge in [-0.3, -0.25) is 43.2 Å². The maximum Gasteiger partial charge on any atom is 0.305 e. The minimum absolute atomic E-state index is 0.00687. The molecule has 0 saturated carbocycles. The van der Waals surface area contributed by atoms with Crippen molar-refractivity contribution < 1.29 is 53.0 Å². The van der Waals surface area contributed by atoms with Crippen LogP contribution in [0.4, 0.5) is 0 Å². The van der Waals surface area contributed by atoms with Crippen LogP contribution in [0.1, 0.15) is 148 Å². The second kappa shape index (κ2) is 42.0. The van der Waals surface area contributed by atoms with E-state index in [0.29, 0.717) is 135 Å². The molecule has 0 aliphatic heterocycles. The molecule has 0 rings (SSSR count). The Hall–Kier alpha value is -4.53. The molecule has 20 nitrogen and oxygen atoms in total. The molecular formula is C51H95N9O11. The van der Waals surface area contributed by atoms with E-state index >= 15 is 0 Å². The molecule has 5 N–H and O–H groups in total. The van der Waals surface area contributed by atoms with Crippen LogP contribution in [-0.4, -0.2) is 210 Å². The highest BCUT2D eigenvalue weighted by atomic mass is 16.5. The summed E-state index contributed by atoms with van der Waals surface area (Å²) in [6.07, 6.45) is 12.6. The van der Waals surface area contributed by atoms with E-state index in [2.05, 4.69) is 21.3 Å². The Bertz CT molecular complexity index is 1480. The minimum atomic E-state index is -0.832. The smallest absolute Gasteiger partial charge is 0.305 e. The average Bonchev–Trinajstić information content (AvgIpc) is 3.26. The van der Waals surface area contributed by atoms with Gasteiger partial charge in [-0.15, -0.1) is 0 Å². The summed E-state index contributed by atoms with van der Waals surface area (Å²) in [6.45, 7) is 2.96. The Morgan fingerprint density at radius 3 is 1.24 bits per heavy atom. The monoisotopic (exact) mass is 1010 g/mol. The fourth-order valence-corrected chi connectivity index (χ4v) is 7.73. The number of ketones is 2. The van der Waals surface area contributed by atoms with Crippen molar-refractivity contribution in [1.29, 1.82) is 0 Å². The van der Waals surface area contributed by atoms with Gasteiger partial charge in [-0.25, -0.2) is 0 Å². The van der Waals surface area contributed by atoms with Gasteiger partial charge in [-0.2, -0.15) is 0 Å². The summed E-state index contributed by atoms with van der Waals surface area (Å²) < 4.78 is 5.26. The number of esters is 1. The van der Waals surface area contributed by atoms with Crippen molar-refractivity contribution in [2.45, 2.75) is 160 Å². The molecule has 0 aliphatic rings. The van der Waals surface area contributed by atoms with Crippen LogP contribution in [0.25, 0.3) is 0 Å². The normalized spacial score (nSPS) is 12.2. The molecule has 71 heavy (non-hydrogen) atoms. The van der Waals surface area contributed by atoms with Gasteiger partial charge >= 0.3 is 11.9 Å². The standard InChI is InChI=1S/C51H95N9O11/c1-56(2)37-45(63)52-32-20-16-25-41(54-47(65)39-58(5)6)43(61)27-18-22-34-60(49(67)29-13-10-9-11-15-31-51(70)71-36-24-12-14-30-50(68)69)35-23-19-28-44(62)42(55-48(66)40-59(7)8)26-17-21-33-53-46(64)38-57(3)4/h41-42H,9-40H2,1-8H3,(H,52,63)(H,53,64)(H,54,65)(H,55,66)(H,68,69)/t41-,42-/m0/s1. The van der Waals surface area contributed by atoms with E-state index in [1.807, 2.05) is 33.1 Å². The van der Waals surface area contributed by atoms with Gasteiger partial charge in [-0.05, 0) is 153 Å². The predicted molar refractivity (Wildman–Crippen MR) is 275 cm³/mol. The maximum absolute atomic E-state index is 13.7. The van der Waals surface area contributed by atoms with Gasteiger partial charge in [-0.1, -0.05) is 19.3 Å². The molecule has 0 bridgehead atoms. The number of hydrogen-bond donors (Lipinski definition) is 5. The Balaban J connectivity index is 5.48. The first-order valence-corrected chi connectivity index (χ1v) is 26.1. The van der Waals surface area contributed by atoms with Crippen LogP contribution in [0.15, 0.2) is 0 Å². The van der Waals surface area contributed by atoms with Gasteiger partial charge in [0.25, 0.3) is 0 Å². The number of carbonyl (C=O) groups is 9. The number of nitrogens with one attached hydrogen (secondary N) is 4. The maximum atomic E-state index is 13.7. The van der Waals surface area contributed by atoms with E-state index in [-0.39, 0.29) is 99.1 Å². The van der Waals surface area contributed by atoms with E-state index < -0.39 is 18.1 Å². The molecule has 0 aromatic rings. The second-order valence-corrected chi connectivity index (χ2v) is 19.8. The largest absolute Gasteiger partial charge is 0.481 e. The number of likely N-dealkylation sites (N-methyl/N-ethyl adjacent to an activating group) is 4. The summed E-state index contributed by atoms with van der Waals surface area (Å²) in [6, 6.07) is -1.32. The van der Waals surface area contributed by atoms with Crippen molar-refractivity contribution in [3.05, 3.63) is 0 Å². The summed E-state index contributed by atoms with van der Waals surface area (Å²) in [5.41, 5.74) is 0. The van der Waals surface area contributed by atoms with Gasteiger partial charge in [0, 0.05) is 58.3 Å². The van der Waals surface area contributed by atoms with Crippen molar-refractivity contribution in [1.82, 2.24) is 45.8 Å². The highest BCUT2D eigenvalue weighted by Gasteiger charge is 2.23. The Morgan fingerprint density at radius 1 is 0.423 bits per heavy atom. The first-order chi connectivity index (χ1) is 33.7. The third-order valence-electron chi connectivity index (χ3n) is 11.4. The van der Waals surface area contributed by atoms with E-state index in [4.69, 9.17) is 9.84 Å². The minimum Gasteiger partial charge on any atom is -0.481 e. The Kier molecular flexibility index (Phi) is 39.3. The predicted octanol–water partition coefficient (Wildman–Crippen LogP) is 3.00. The lowest BCUT2D eigenvalue weighted by atomic mass is 10.00. The summed E-state index contributed by atoms with van der Waals surface area (Å²) >= 11 is 0. The molecule has 0 aromatic heterocycles. The second-order valence-electron chi connectivity index (χ2n) is 19.8. The molecular weight excluding hydrogens is 915 g/mol. The summed E-state index contributed by atoms with van der Waals surface area (Å²) in [7, 11) is 14.4. The molecule has 0 aromatic carbocycles. The number of Topliss-reactive ketones (excluding diaryl/α,β-unsaturated/α-hetero) is 2. The van der Waals surface area contributed by atoms with Crippen molar-refractivity contribution in [3.63, 3.8) is 0 Å². The number of carboxylic acid groups (broad SMARTS) is 1. The summed E-state index contributed by atoms with van der Waals surface area (Å²) in [5.74, 6) is -1.89. The van der Waals surface area contributed by atoms with Crippen LogP contribution < -0.4 is 21.3 Å². The number of ether oxygens (including phenoxy) is 1. The van der Waals surface area contributed by atoms with Crippen molar-refractivity contribution in [2.24, 2.45) is 0 Å². The van der Waals surface area contributed by atoms with E-state index in [0.717, 1.165) is 19.3 Å². The first kappa shape index (κ1) is 66.5. The molecule has 20 heteroatoms. The fourth-order valence-electron chi connectivity index (χ4n) is 7.73. The zero-order valence-corrected chi connectivity index (χ0v) is 45.0. The molecule has 0 fully saturated rings. The third kappa shape index (κ3) is 40.7. The SMILES string of the molecule is CN(C)CC(=O)NCCCC[C@H](NC(=O)CN(C)C)C(=O)CCCCN(CCCCC(=O)[C@H](CCCCNC(=O)CN(C)C)NC(=O)CN(C)C)C(=O)CCCCCCCC(=O)OCCCCCC(=O)O. The van der Waals surface area contributed by atoms with Gasteiger partial charge in [0.1, 0.15) is 0 Å². The molecule has 0 radical (unpaired) electrons. The lowest BCUT2D eigenvalue weighted by Gasteiger charge is -2.24. The molecule has 5 amide bonds. The molecule has 0 heterocycles. The van der Waals surface area contributed by atoms with Gasteiger partial charge < -0.3 is 55.6 Å². The number of amides is 5. The van der Waals surface area contributed by atoms with E-state index in [1.54, 1.807) is 47.8 Å². The fraction of sp³-hybridized carbons (Fsp3) is 0.824. The third-order valence-corrected chi connectivity index (χ3v) is 11.4. The number of rotatable bonds is 46. The molecule has 0 aliphatic carbocycles. The van der Waals surface area contributed by atoms with Crippen LogP contribution in [0.5, 0.6) is 0 Å². The van der Waals surface area contributed by atoms with Gasteiger partial charge in [0.2, 0.25) is 29.5 Å². The molecule has 0 spiro atoms.